The normalized spacial score (nSPS) is 13.5. The topological polar surface area (TPSA) is 65.6 Å². The van der Waals surface area contributed by atoms with Crippen LogP contribution in [0.15, 0.2) is 54.6 Å². The Labute approximate surface area is 169 Å². The summed E-state index contributed by atoms with van der Waals surface area (Å²) >= 11 is 0. The fourth-order valence-corrected chi connectivity index (χ4v) is 4.45. The van der Waals surface area contributed by atoms with Crippen molar-refractivity contribution >= 4 is 16.8 Å². The van der Waals surface area contributed by atoms with E-state index >= 15 is 0 Å². The number of para-hydroxylation sites is 1. The molecule has 0 bridgehead atoms. The van der Waals surface area contributed by atoms with Gasteiger partial charge in [-0.05, 0) is 53.3 Å². The molecule has 5 rings (SSSR count). The molecule has 29 heavy (non-hydrogen) atoms. The predicted molar refractivity (Wildman–Crippen MR) is 111 cm³/mol. The van der Waals surface area contributed by atoms with Crippen molar-refractivity contribution in [1.82, 2.24) is 24.8 Å². The quantitative estimate of drug-likeness (QED) is 0.492. The average Bonchev–Trinajstić information content (AvgIpc) is 3.36. The molecule has 0 unspecified atom stereocenters. The highest BCUT2D eigenvalue weighted by Gasteiger charge is 2.21. The third kappa shape index (κ3) is 3.35. The summed E-state index contributed by atoms with van der Waals surface area (Å²) in [6, 6.07) is 18.3. The van der Waals surface area contributed by atoms with Gasteiger partial charge >= 0.3 is 0 Å². The summed E-state index contributed by atoms with van der Waals surface area (Å²) in [4.78, 5) is 12.7. The van der Waals surface area contributed by atoms with Crippen LogP contribution in [0.1, 0.15) is 40.3 Å². The molecule has 0 saturated heterocycles. The van der Waals surface area contributed by atoms with Crippen LogP contribution in [0.2, 0.25) is 0 Å². The molecule has 2 aromatic carbocycles. The van der Waals surface area contributed by atoms with E-state index in [0.29, 0.717) is 18.7 Å². The minimum atomic E-state index is -0.101. The Hall–Kier alpha value is -3.28. The monoisotopic (exact) mass is 385 g/mol. The zero-order valence-electron chi connectivity index (χ0n) is 16.3. The number of carbonyl (C=O) groups excluding carboxylic acids is 1. The minimum absolute atomic E-state index is 0.101. The summed E-state index contributed by atoms with van der Waals surface area (Å²) in [6.45, 7) is 0.773. The molecule has 2 aromatic heterocycles. The standard InChI is InChI=1S/C23H23N5O/c29-23(16-17-8-2-1-3-9-17)28-22(24-25-26-28)14-15-27-20-12-6-4-10-18(20)19-11-5-7-13-21(19)27/h1-4,6,8-10,12H,5,7,11,13-16H2. The molecular formula is C23H23N5O. The average molecular weight is 385 g/mol. The van der Waals surface area contributed by atoms with Gasteiger partial charge in [-0.25, -0.2) is 0 Å². The van der Waals surface area contributed by atoms with E-state index in [-0.39, 0.29) is 5.91 Å². The molecule has 1 aliphatic rings. The first kappa shape index (κ1) is 17.8. The van der Waals surface area contributed by atoms with Gasteiger partial charge in [0.25, 0.3) is 5.91 Å². The van der Waals surface area contributed by atoms with E-state index in [0.717, 1.165) is 24.9 Å². The van der Waals surface area contributed by atoms with Crippen molar-refractivity contribution in [1.29, 1.82) is 0 Å². The summed E-state index contributed by atoms with van der Waals surface area (Å²) in [5.74, 6) is 0.517. The molecule has 0 amide bonds. The first-order valence-corrected chi connectivity index (χ1v) is 10.2. The number of aromatic nitrogens is 5. The van der Waals surface area contributed by atoms with Crippen LogP contribution in [-0.2, 0) is 32.2 Å². The second-order valence-electron chi connectivity index (χ2n) is 7.61. The molecule has 0 spiro atoms. The van der Waals surface area contributed by atoms with Crippen molar-refractivity contribution in [3.8, 4) is 0 Å². The molecule has 0 saturated carbocycles. The Kier molecular flexibility index (Phi) is 4.68. The van der Waals surface area contributed by atoms with Crippen LogP contribution >= 0.6 is 0 Å². The van der Waals surface area contributed by atoms with Gasteiger partial charge < -0.3 is 4.57 Å². The van der Waals surface area contributed by atoms with E-state index in [1.807, 2.05) is 30.3 Å². The Morgan fingerprint density at radius 2 is 1.76 bits per heavy atom. The summed E-state index contributed by atoms with van der Waals surface area (Å²) in [6.07, 6.45) is 5.67. The van der Waals surface area contributed by atoms with Gasteiger partial charge in [0, 0.05) is 29.6 Å². The van der Waals surface area contributed by atoms with Crippen LogP contribution in [0.25, 0.3) is 10.9 Å². The van der Waals surface area contributed by atoms with Gasteiger partial charge in [0.2, 0.25) is 0 Å². The number of hydrogen-bond acceptors (Lipinski definition) is 4. The molecule has 0 N–H and O–H groups in total. The summed E-state index contributed by atoms with van der Waals surface area (Å²) in [5.41, 5.74) is 5.16. The van der Waals surface area contributed by atoms with E-state index in [1.165, 1.54) is 39.7 Å². The van der Waals surface area contributed by atoms with Crippen molar-refractivity contribution in [2.24, 2.45) is 0 Å². The number of tetrazole rings is 1. The molecule has 6 nitrogen and oxygen atoms in total. The third-order valence-electron chi connectivity index (χ3n) is 5.81. The first-order chi connectivity index (χ1) is 14.3. The van der Waals surface area contributed by atoms with Crippen molar-refractivity contribution in [3.05, 3.63) is 77.2 Å². The van der Waals surface area contributed by atoms with Crippen LogP contribution in [0.5, 0.6) is 0 Å². The maximum Gasteiger partial charge on any atom is 0.254 e. The van der Waals surface area contributed by atoms with Crippen molar-refractivity contribution in [2.45, 2.75) is 45.1 Å². The molecule has 0 fully saturated rings. The lowest BCUT2D eigenvalue weighted by atomic mass is 9.95. The summed E-state index contributed by atoms with van der Waals surface area (Å²) < 4.78 is 3.77. The fraction of sp³-hybridized carbons (Fsp3) is 0.304. The van der Waals surface area contributed by atoms with E-state index in [4.69, 9.17) is 0 Å². The number of carbonyl (C=O) groups is 1. The highest BCUT2D eigenvalue weighted by molar-refractivity contribution is 5.86. The van der Waals surface area contributed by atoms with Gasteiger partial charge in [-0.1, -0.05) is 48.5 Å². The molecular weight excluding hydrogens is 362 g/mol. The largest absolute Gasteiger partial charge is 0.344 e. The second-order valence-corrected chi connectivity index (χ2v) is 7.61. The lowest BCUT2D eigenvalue weighted by molar-refractivity contribution is 0.0892. The molecule has 1 aliphatic carbocycles. The molecule has 0 radical (unpaired) electrons. The Morgan fingerprint density at radius 1 is 0.966 bits per heavy atom. The van der Waals surface area contributed by atoms with Crippen molar-refractivity contribution in [3.63, 3.8) is 0 Å². The van der Waals surface area contributed by atoms with Crippen LogP contribution in [0.4, 0.5) is 0 Å². The number of hydrogen-bond donors (Lipinski definition) is 0. The Bertz CT molecular complexity index is 1160. The van der Waals surface area contributed by atoms with Gasteiger partial charge in [0.1, 0.15) is 0 Å². The third-order valence-corrected chi connectivity index (χ3v) is 5.81. The molecule has 6 heteroatoms. The van der Waals surface area contributed by atoms with Gasteiger partial charge in [0.15, 0.2) is 5.82 Å². The SMILES string of the molecule is O=C(Cc1ccccc1)n1nnnc1CCn1c2c(c3ccccc31)CCCC2. The zero-order valence-corrected chi connectivity index (χ0v) is 16.3. The second kappa shape index (κ2) is 7.62. The predicted octanol–water partition coefficient (Wildman–Crippen LogP) is 3.63. The Balaban J connectivity index is 1.40. The molecule has 146 valence electrons. The first-order valence-electron chi connectivity index (χ1n) is 10.2. The van der Waals surface area contributed by atoms with Crippen molar-refractivity contribution in [2.75, 3.05) is 0 Å². The van der Waals surface area contributed by atoms with Crippen LogP contribution in [0, 0.1) is 0 Å². The van der Waals surface area contributed by atoms with Gasteiger partial charge in [-0.3, -0.25) is 4.79 Å². The van der Waals surface area contributed by atoms with E-state index < -0.39 is 0 Å². The maximum atomic E-state index is 12.7. The summed E-state index contributed by atoms with van der Waals surface area (Å²) in [7, 11) is 0. The fourth-order valence-electron chi connectivity index (χ4n) is 4.45. The maximum absolute atomic E-state index is 12.7. The highest BCUT2D eigenvalue weighted by atomic mass is 16.2. The highest BCUT2D eigenvalue weighted by Crippen LogP contribution is 2.32. The van der Waals surface area contributed by atoms with Gasteiger partial charge in [-0.2, -0.15) is 4.68 Å². The number of rotatable bonds is 5. The molecule has 0 aliphatic heterocycles. The molecule has 0 atom stereocenters. The lowest BCUT2D eigenvalue weighted by Crippen LogP contribution is -2.20. The van der Waals surface area contributed by atoms with Crippen LogP contribution < -0.4 is 0 Å². The smallest absolute Gasteiger partial charge is 0.254 e. The zero-order chi connectivity index (χ0) is 19.6. The lowest BCUT2D eigenvalue weighted by Gasteiger charge is -2.16. The number of aryl methyl sites for hydroxylation is 3. The van der Waals surface area contributed by atoms with E-state index in [2.05, 4.69) is 44.4 Å². The van der Waals surface area contributed by atoms with Gasteiger partial charge in [0.05, 0.1) is 6.42 Å². The van der Waals surface area contributed by atoms with Crippen LogP contribution in [-0.4, -0.2) is 30.7 Å². The van der Waals surface area contributed by atoms with Crippen molar-refractivity contribution < 1.29 is 4.79 Å². The molecule has 4 aromatic rings. The van der Waals surface area contributed by atoms with Gasteiger partial charge in [-0.15, -0.1) is 5.10 Å². The number of nitrogens with zero attached hydrogens (tertiary/aromatic N) is 5. The van der Waals surface area contributed by atoms with E-state index in [1.54, 1.807) is 0 Å². The minimum Gasteiger partial charge on any atom is -0.344 e. The summed E-state index contributed by atoms with van der Waals surface area (Å²) in [5, 5.41) is 13.2. The van der Waals surface area contributed by atoms with E-state index in [9.17, 15) is 4.79 Å². The number of benzene rings is 2. The van der Waals surface area contributed by atoms with Crippen LogP contribution in [0.3, 0.4) is 0 Å². The number of fused-ring (bicyclic) bond motifs is 3. The Morgan fingerprint density at radius 3 is 2.66 bits per heavy atom. The molecule has 2 heterocycles.